The molecule has 0 rings (SSSR count). The summed E-state index contributed by atoms with van der Waals surface area (Å²) in [7, 11) is 1.73. The van der Waals surface area contributed by atoms with E-state index in [0.717, 1.165) is 0 Å². The Balaban J connectivity index is 4.29. The van der Waals surface area contributed by atoms with Crippen LogP contribution in [0, 0.1) is 0 Å². The number of carbonyl (C=O) groups excluding carboxylic acids is 2. The predicted molar refractivity (Wildman–Crippen MR) is 71.2 cm³/mol. The van der Waals surface area contributed by atoms with Gasteiger partial charge in [0, 0.05) is 6.04 Å². The quantitative estimate of drug-likeness (QED) is 0.752. The van der Waals surface area contributed by atoms with Crippen LogP contribution in [0.15, 0.2) is 0 Å². The first-order valence-electron chi connectivity index (χ1n) is 6.25. The molecular weight excluding hydrogens is 232 g/mol. The van der Waals surface area contributed by atoms with Crippen molar-refractivity contribution in [1.82, 2.24) is 10.2 Å². The van der Waals surface area contributed by atoms with Gasteiger partial charge in [-0.3, -0.25) is 14.5 Å². The highest BCUT2D eigenvalue weighted by atomic mass is 16.6. The van der Waals surface area contributed by atoms with Crippen LogP contribution >= 0.6 is 0 Å². The van der Waals surface area contributed by atoms with Crippen molar-refractivity contribution in [3.63, 3.8) is 0 Å². The van der Waals surface area contributed by atoms with Gasteiger partial charge in [0.05, 0.1) is 6.54 Å². The zero-order valence-corrected chi connectivity index (χ0v) is 12.5. The van der Waals surface area contributed by atoms with Crippen molar-refractivity contribution in [2.24, 2.45) is 0 Å². The van der Waals surface area contributed by atoms with Crippen molar-refractivity contribution in [1.29, 1.82) is 0 Å². The van der Waals surface area contributed by atoms with Crippen LogP contribution in [0.4, 0.5) is 0 Å². The molecule has 1 unspecified atom stereocenters. The van der Waals surface area contributed by atoms with E-state index in [0.29, 0.717) is 0 Å². The number of likely N-dealkylation sites (N-methyl/N-ethyl adjacent to an activating group) is 1. The summed E-state index contributed by atoms with van der Waals surface area (Å²) in [5, 5.41) is 2.78. The van der Waals surface area contributed by atoms with Gasteiger partial charge in [0.15, 0.2) is 0 Å². The van der Waals surface area contributed by atoms with Crippen molar-refractivity contribution < 1.29 is 14.3 Å². The van der Waals surface area contributed by atoms with Crippen LogP contribution in [0.2, 0.25) is 0 Å². The van der Waals surface area contributed by atoms with Crippen LogP contribution in [-0.2, 0) is 14.3 Å². The molecule has 5 heteroatoms. The number of rotatable bonds is 5. The highest BCUT2D eigenvalue weighted by molar-refractivity contribution is 5.80. The SMILES string of the molecule is CC(C)NC(=O)CN(C)C(C)C(=O)OC(C)(C)C. The fraction of sp³-hybridized carbons (Fsp3) is 0.846. The zero-order chi connectivity index (χ0) is 14.5. The second-order valence-corrected chi connectivity index (χ2v) is 5.85. The molecule has 0 aromatic carbocycles. The standard InChI is InChI=1S/C13H26N2O3/c1-9(2)14-11(16)8-15(7)10(3)12(17)18-13(4,5)6/h9-10H,8H2,1-7H3,(H,14,16). The topological polar surface area (TPSA) is 58.6 Å². The van der Waals surface area contributed by atoms with Gasteiger partial charge >= 0.3 is 5.97 Å². The van der Waals surface area contributed by atoms with E-state index in [1.165, 1.54) is 0 Å². The lowest BCUT2D eigenvalue weighted by atomic mass is 10.2. The summed E-state index contributed by atoms with van der Waals surface area (Å²) in [4.78, 5) is 25.1. The van der Waals surface area contributed by atoms with E-state index in [-0.39, 0.29) is 24.5 Å². The van der Waals surface area contributed by atoms with E-state index in [1.54, 1.807) is 18.9 Å². The Labute approximate surface area is 110 Å². The molecule has 0 aliphatic rings. The predicted octanol–water partition coefficient (Wildman–Crippen LogP) is 1.17. The summed E-state index contributed by atoms with van der Waals surface area (Å²) in [6, 6.07) is -0.343. The smallest absolute Gasteiger partial charge is 0.323 e. The Morgan fingerprint density at radius 3 is 2.11 bits per heavy atom. The van der Waals surface area contributed by atoms with Gasteiger partial charge in [-0.15, -0.1) is 0 Å². The largest absolute Gasteiger partial charge is 0.459 e. The van der Waals surface area contributed by atoms with Crippen LogP contribution in [-0.4, -0.2) is 48.1 Å². The van der Waals surface area contributed by atoms with Crippen molar-refractivity contribution in [3.05, 3.63) is 0 Å². The van der Waals surface area contributed by atoms with E-state index in [4.69, 9.17) is 4.74 Å². The van der Waals surface area contributed by atoms with Gasteiger partial charge in [-0.1, -0.05) is 0 Å². The van der Waals surface area contributed by atoms with Crippen LogP contribution in [0.5, 0.6) is 0 Å². The van der Waals surface area contributed by atoms with E-state index >= 15 is 0 Å². The Morgan fingerprint density at radius 2 is 1.72 bits per heavy atom. The molecule has 0 aromatic rings. The Bertz CT molecular complexity index is 295. The van der Waals surface area contributed by atoms with E-state index < -0.39 is 11.6 Å². The lowest BCUT2D eigenvalue weighted by Crippen LogP contribution is -2.46. The van der Waals surface area contributed by atoms with Gasteiger partial charge < -0.3 is 10.1 Å². The summed E-state index contributed by atoms with van der Waals surface area (Å²) >= 11 is 0. The first kappa shape index (κ1) is 16.9. The normalized spacial score (nSPS) is 13.6. The van der Waals surface area contributed by atoms with Crippen LogP contribution < -0.4 is 5.32 Å². The summed E-state index contributed by atoms with van der Waals surface area (Å²) in [6.07, 6.45) is 0. The first-order valence-corrected chi connectivity index (χ1v) is 6.25. The number of carbonyl (C=O) groups is 2. The summed E-state index contributed by atoms with van der Waals surface area (Å²) in [5.74, 6) is -0.412. The molecule has 5 nitrogen and oxygen atoms in total. The highest BCUT2D eigenvalue weighted by Crippen LogP contribution is 2.10. The fourth-order valence-electron chi connectivity index (χ4n) is 1.30. The molecular formula is C13H26N2O3. The number of nitrogens with zero attached hydrogens (tertiary/aromatic N) is 1. The third-order valence-electron chi connectivity index (χ3n) is 2.25. The third-order valence-corrected chi connectivity index (χ3v) is 2.25. The first-order chi connectivity index (χ1) is 8.03. The van der Waals surface area contributed by atoms with Crippen LogP contribution in [0.25, 0.3) is 0 Å². The molecule has 0 spiro atoms. The Hall–Kier alpha value is -1.10. The van der Waals surface area contributed by atoms with Crippen molar-refractivity contribution in [3.8, 4) is 0 Å². The van der Waals surface area contributed by atoms with Crippen molar-refractivity contribution in [2.75, 3.05) is 13.6 Å². The number of ether oxygens (including phenoxy) is 1. The maximum atomic E-state index is 11.8. The zero-order valence-electron chi connectivity index (χ0n) is 12.5. The minimum absolute atomic E-state index is 0.0945. The fourth-order valence-corrected chi connectivity index (χ4v) is 1.30. The lowest BCUT2D eigenvalue weighted by Gasteiger charge is -2.27. The van der Waals surface area contributed by atoms with E-state index in [9.17, 15) is 9.59 Å². The molecule has 0 fully saturated rings. The van der Waals surface area contributed by atoms with Crippen molar-refractivity contribution >= 4 is 11.9 Å². The number of hydrogen-bond donors (Lipinski definition) is 1. The molecule has 0 aliphatic carbocycles. The maximum absolute atomic E-state index is 11.8. The summed E-state index contributed by atoms with van der Waals surface area (Å²) in [5.41, 5.74) is -0.508. The number of nitrogens with one attached hydrogen (secondary N) is 1. The lowest BCUT2D eigenvalue weighted by molar-refractivity contribution is -0.160. The molecule has 106 valence electrons. The van der Waals surface area contributed by atoms with Gasteiger partial charge in [0.2, 0.25) is 5.91 Å². The molecule has 1 atom stereocenters. The molecule has 0 aliphatic heterocycles. The molecule has 0 aromatic heterocycles. The second kappa shape index (κ2) is 6.73. The molecule has 18 heavy (non-hydrogen) atoms. The molecule has 0 heterocycles. The van der Waals surface area contributed by atoms with Gasteiger partial charge in [0.1, 0.15) is 11.6 Å². The van der Waals surface area contributed by atoms with Crippen LogP contribution in [0.1, 0.15) is 41.5 Å². The molecule has 0 saturated carbocycles. The van der Waals surface area contributed by atoms with E-state index in [2.05, 4.69) is 5.32 Å². The number of esters is 1. The van der Waals surface area contributed by atoms with Crippen molar-refractivity contribution in [2.45, 2.75) is 59.2 Å². The molecule has 0 radical (unpaired) electrons. The summed E-state index contributed by atoms with van der Waals surface area (Å²) < 4.78 is 5.27. The average molecular weight is 258 g/mol. The number of amides is 1. The third kappa shape index (κ3) is 7.27. The highest BCUT2D eigenvalue weighted by Gasteiger charge is 2.25. The molecule has 0 bridgehead atoms. The molecule has 0 saturated heterocycles. The maximum Gasteiger partial charge on any atom is 0.323 e. The van der Waals surface area contributed by atoms with Crippen LogP contribution in [0.3, 0.4) is 0 Å². The average Bonchev–Trinajstić information content (AvgIpc) is 2.11. The van der Waals surface area contributed by atoms with E-state index in [1.807, 2.05) is 34.6 Å². The summed E-state index contributed by atoms with van der Waals surface area (Å²) in [6.45, 7) is 11.2. The van der Waals surface area contributed by atoms with Gasteiger partial charge in [-0.05, 0) is 48.6 Å². The second-order valence-electron chi connectivity index (χ2n) is 5.85. The minimum atomic E-state index is -0.508. The number of hydrogen-bond acceptors (Lipinski definition) is 4. The van der Waals surface area contributed by atoms with Gasteiger partial charge in [0.25, 0.3) is 0 Å². The van der Waals surface area contributed by atoms with Gasteiger partial charge in [-0.2, -0.15) is 0 Å². The molecule has 1 amide bonds. The Kier molecular flexibility index (Phi) is 6.32. The Morgan fingerprint density at radius 1 is 1.22 bits per heavy atom. The molecule has 1 N–H and O–H groups in total. The van der Waals surface area contributed by atoms with Gasteiger partial charge in [-0.25, -0.2) is 0 Å². The minimum Gasteiger partial charge on any atom is -0.459 e. The monoisotopic (exact) mass is 258 g/mol.